The number of nitrogens with zero attached hydrogens (tertiary/aromatic N) is 2. The van der Waals surface area contributed by atoms with Gasteiger partial charge in [-0.15, -0.1) is 0 Å². The molecule has 0 radical (unpaired) electrons. The van der Waals surface area contributed by atoms with Crippen molar-refractivity contribution in [3.63, 3.8) is 0 Å². The van der Waals surface area contributed by atoms with Gasteiger partial charge in [-0.3, -0.25) is 9.48 Å². The van der Waals surface area contributed by atoms with E-state index in [-0.39, 0.29) is 11.9 Å². The Hall–Kier alpha value is -0.840. The van der Waals surface area contributed by atoms with Crippen LogP contribution < -0.4 is 5.32 Å². The second-order valence-corrected chi connectivity index (χ2v) is 4.19. The van der Waals surface area contributed by atoms with E-state index in [1.165, 1.54) is 0 Å². The number of halogens is 1. The number of amides is 1. The molecule has 0 bridgehead atoms. The maximum atomic E-state index is 11.8. The molecule has 84 valence electrons. The van der Waals surface area contributed by atoms with Gasteiger partial charge in [0, 0.05) is 24.6 Å². The maximum Gasteiger partial charge on any atom is 0.254 e. The lowest BCUT2D eigenvalue weighted by Crippen LogP contribution is -2.33. The van der Waals surface area contributed by atoms with Crippen molar-refractivity contribution in [2.24, 2.45) is 7.05 Å². The van der Waals surface area contributed by atoms with Gasteiger partial charge in [-0.25, -0.2) is 0 Å². The van der Waals surface area contributed by atoms with Gasteiger partial charge in [-0.2, -0.15) is 5.10 Å². The highest BCUT2D eigenvalue weighted by Gasteiger charge is 2.15. The molecule has 0 aromatic carbocycles. The molecular formula is C10H16BrN3O. The summed E-state index contributed by atoms with van der Waals surface area (Å²) in [6, 6.07) is 0.127. The van der Waals surface area contributed by atoms with Crippen molar-refractivity contribution in [3.05, 3.63) is 17.5 Å². The molecule has 0 aliphatic carbocycles. The van der Waals surface area contributed by atoms with Crippen LogP contribution in [0.25, 0.3) is 0 Å². The molecule has 1 rings (SSSR count). The first-order valence-electron chi connectivity index (χ1n) is 4.97. The van der Waals surface area contributed by atoms with Crippen LogP contribution in [-0.2, 0) is 13.5 Å². The first-order chi connectivity index (χ1) is 7.08. The minimum Gasteiger partial charge on any atom is -0.349 e. The van der Waals surface area contributed by atoms with Crippen LogP contribution in [0.15, 0.2) is 6.20 Å². The van der Waals surface area contributed by atoms with E-state index in [1.807, 2.05) is 20.9 Å². The van der Waals surface area contributed by atoms with Crippen molar-refractivity contribution in [2.45, 2.75) is 26.3 Å². The Morgan fingerprint density at radius 2 is 2.40 bits per heavy atom. The average Bonchev–Trinajstić information content (AvgIpc) is 2.59. The van der Waals surface area contributed by atoms with Gasteiger partial charge in [0.15, 0.2) is 0 Å². The fraction of sp³-hybridized carbons (Fsp3) is 0.600. The van der Waals surface area contributed by atoms with E-state index in [0.29, 0.717) is 5.56 Å². The molecule has 1 atom stereocenters. The Morgan fingerprint density at radius 3 is 2.93 bits per heavy atom. The fourth-order valence-electron chi connectivity index (χ4n) is 1.33. The Bertz CT molecular complexity index is 348. The molecule has 0 aliphatic heterocycles. The minimum atomic E-state index is -0.0492. The predicted molar refractivity (Wildman–Crippen MR) is 63.3 cm³/mol. The third-order valence-electron chi connectivity index (χ3n) is 2.09. The lowest BCUT2D eigenvalue weighted by Gasteiger charge is -2.09. The second kappa shape index (κ2) is 5.30. The number of alkyl halides is 1. The molecule has 4 nitrogen and oxygen atoms in total. The standard InChI is InChI=1S/C10H16BrN3O/c1-4-9-8(6-14(3)13-9)10(15)12-7(2)5-11/h6-7H,4-5H2,1-3H3,(H,12,15). The maximum absolute atomic E-state index is 11.8. The number of nitrogens with one attached hydrogen (secondary N) is 1. The number of rotatable bonds is 4. The fourth-order valence-corrected chi connectivity index (χ4v) is 1.49. The van der Waals surface area contributed by atoms with Gasteiger partial charge in [0.25, 0.3) is 5.91 Å². The van der Waals surface area contributed by atoms with E-state index in [2.05, 4.69) is 26.3 Å². The van der Waals surface area contributed by atoms with Crippen LogP contribution in [-0.4, -0.2) is 27.1 Å². The summed E-state index contributed by atoms with van der Waals surface area (Å²) in [6.45, 7) is 3.95. The Balaban J connectivity index is 2.81. The molecule has 1 amide bonds. The summed E-state index contributed by atoms with van der Waals surface area (Å²) in [5, 5.41) is 7.87. The summed E-state index contributed by atoms with van der Waals surface area (Å²) in [7, 11) is 1.82. The summed E-state index contributed by atoms with van der Waals surface area (Å²) in [5.41, 5.74) is 1.52. The van der Waals surface area contributed by atoms with Gasteiger partial charge in [0.05, 0.1) is 11.3 Å². The van der Waals surface area contributed by atoms with Crippen molar-refractivity contribution in [1.29, 1.82) is 0 Å². The van der Waals surface area contributed by atoms with Gasteiger partial charge in [0.2, 0.25) is 0 Å². The summed E-state index contributed by atoms with van der Waals surface area (Å²) < 4.78 is 1.67. The summed E-state index contributed by atoms with van der Waals surface area (Å²) in [4.78, 5) is 11.8. The quantitative estimate of drug-likeness (QED) is 0.846. The topological polar surface area (TPSA) is 46.9 Å². The number of hydrogen-bond acceptors (Lipinski definition) is 2. The average molecular weight is 274 g/mol. The highest BCUT2D eigenvalue weighted by atomic mass is 79.9. The van der Waals surface area contributed by atoms with E-state index in [9.17, 15) is 4.79 Å². The summed E-state index contributed by atoms with van der Waals surface area (Å²) in [6.07, 6.45) is 2.53. The molecule has 0 aliphatic rings. The molecular weight excluding hydrogens is 258 g/mol. The van der Waals surface area contributed by atoms with E-state index < -0.39 is 0 Å². The zero-order valence-electron chi connectivity index (χ0n) is 9.25. The smallest absolute Gasteiger partial charge is 0.254 e. The molecule has 15 heavy (non-hydrogen) atoms. The molecule has 0 saturated carbocycles. The van der Waals surface area contributed by atoms with Crippen LogP contribution in [0.5, 0.6) is 0 Å². The van der Waals surface area contributed by atoms with Crippen LogP contribution >= 0.6 is 15.9 Å². The van der Waals surface area contributed by atoms with E-state index in [1.54, 1.807) is 10.9 Å². The predicted octanol–water partition coefficient (Wildman–Crippen LogP) is 1.50. The van der Waals surface area contributed by atoms with Crippen LogP contribution in [0.2, 0.25) is 0 Å². The normalized spacial score (nSPS) is 12.5. The second-order valence-electron chi connectivity index (χ2n) is 3.55. The van der Waals surface area contributed by atoms with Crippen molar-refractivity contribution in [3.8, 4) is 0 Å². The Morgan fingerprint density at radius 1 is 1.73 bits per heavy atom. The zero-order chi connectivity index (χ0) is 11.4. The van der Waals surface area contributed by atoms with Gasteiger partial charge in [-0.1, -0.05) is 22.9 Å². The molecule has 0 fully saturated rings. The first kappa shape index (κ1) is 12.2. The minimum absolute atomic E-state index is 0.0492. The van der Waals surface area contributed by atoms with Gasteiger partial charge in [0.1, 0.15) is 0 Å². The van der Waals surface area contributed by atoms with Crippen molar-refractivity contribution >= 4 is 21.8 Å². The highest BCUT2D eigenvalue weighted by molar-refractivity contribution is 9.09. The molecule has 1 aromatic heterocycles. The van der Waals surface area contributed by atoms with Crippen LogP contribution in [0, 0.1) is 0 Å². The third kappa shape index (κ3) is 3.06. The molecule has 1 unspecified atom stereocenters. The van der Waals surface area contributed by atoms with Crippen LogP contribution in [0.1, 0.15) is 29.9 Å². The number of carbonyl (C=O) groups is 1. The number of aromatic nitrogens is 2. The SMILES string of the molecule is CCc1nn(C)cc1C(=O)NC(C)CBr. The number of aryl methyl sites for hydroxylation is 2. The molecule has 0 spiro atoms. The highest BCUT2D eigenvalue weighted by Crippen LogP contribution is 2.07. The van der Waals surface area contributed by atoms with Gasteiger partial charge >= 0.3 is 0 Å². The number of hydrogen-bond donors (Lipinski definition) is 1. The van der Waals surface area contributed by atoms with Gasteiger partial charge < -0.3 is 5.32 Å². The number of carbonyl (C=O) groups excluding carboxylic acids is 1. The van der Waals surface area contributed by atoms with Crippen molar-refractivity contribution < 1.29 is 4.79 Å². The Kier molecular flexibility index (Phi) is 4.32. The van der Waals surface area contributed by atoms with E-state index in [0.717, 1.165) is 17.4 Å². The van der Waals surface area contributed by atoms with Crippen molar-refractivity contribution in [2.75, 3.05) is 5.33 Å². The van der Waals surface area contributed by atoms with Crippen LogP contribution in [0.4, 0.5) is 0 Å². The zero-order valence-corrected chi connectivity index (χ0v) is 10.8. The van der Waals surface area contributed by atoms with E-state index in [4.69, 9.17) is 0 Å². The van der Waals surface area contributed by atoms with Crippen molar-refractivity contribution in [1.82, 2.24) is 15.1 Å². The largest absolute Gasteiger partial charge is 0.349 e. The molecule has 5 heteroatoms. The van der Waals surface area contributed by atoms with Crippen LogP contribution in [0.3, 0.4) is 0 Å². The van der Waals surface area contributed by atoms with Gasteiger partial charge in [-0.05, 0) is 13.3 Å². The monoisotopic (exact) mass is 273 g/mol. The van der Waals surface area contributed by atoms with E-state index >= 15 is 0 Å². The first-order valence-corrected chi connectivity index (χ1v) is 6.10. The molecule has 1 heterocycles. The molecule has 0 saturated heterocycles. The molecule has 1 aromatic rings. The Labute approximate surface area is 98.2 Å². The lowest BCUT2D eigenvalue weighted by atomic mass is 10.2. The summed E-state index contributed by atoms with van der Waals surface area (Å²) in [5.74, 6) is -0.0492. The summed E-state index contributed by atoms with van der Waals surface area (Å²) >= 11 is 3.32. The third-order valence-corrected chi connectivity index (χ3v) is 3.06. The lowest BCUT2D eigenvalue weighted by molar-refractivity contribution is 0.0943. The molecule has 1 N–H and O–H groups in total.